The van der Waals surface area contributed by atoms with Gasteiger partial charge in [0, 0.05) is 43.8 Å². The van der Waals surface area contributed by atoms with Crippen LogP contribution in [-0.4, -0.2) is 42.0 Å². The van der Waals surface area contributed by atoms with Gasteiger partial charge in [-0.1, -0.05) is 13.8 Å². The number of hydrogen-bond acceptors (Lipinski definition) is 4. The number of anilines is 3. The third-order valence-electron chi connectivity index (χ3n) is 4.90. The van der Waals surface area contributed by atoms with Crippen molar-refractivity contribution in [1.82, 2.24) is 9.88 Å². The van der Waals surface area contributed by atoms with Crippen LogP contribution in [0.2, 0.25) is 0 Å². The molecule has 0 radical (unpaired) electrons. The zero-order valence-corrected chi connectivity index (χ0v) is 16.4. The fraction of sp³-hybridized carbons (Fsp3) is 0.455. The second kappa shape index (κ2) is 9.40. The van der Waals surface area contributed by atoms with Crippen molar-refractivity contribution in [1.29, 1.82) is 0 Å². The fourth-order valence-corrected chi connectivity index (χ4v) is 3.51. The summed E-state index contributed by atoms with van der Waals surface area (Å²) in [6, 6.07) is 12.2. The molecule has 1 saturated heterocycles. The number of nitrogens with one attached hydrogen (secondary N) is 1. The Labute approximate surface area is 162 Å². The summed E-state index contributed by atoms with van der Waals surface area (Å²) in [7, 11) is 0. The van der Waals surface area contributed by atoms with Gasteiger partial charge in [-0.25, -0.2) is 4.98 Å². The van der Waals surface area contributed by atoms with Crippen molar-refractivity contribution in [3.8, 4) is 0 Å². The molecule has 0 atom stereocenters. The van der Waals surface area contributed by atoms with Crippen LogP contribution in [0, 0.1) is 0 Å². The van der Waals surface area contributed by atoms with E-state index in [-0.39, 0.29) is 5.91 Å². The van der Waals surface area contributed by atoms with Crippen LogP contribution in [0.3, 0.4) is 0 Å². The Morgan fingerprint density at radius 2 is 1.70 bits per heavy atom. The molecule has 1 aliphatic heterocycles. The van der Waals surface area contributed by atoms with Gasteiger partial charge in [0.2, 0.25) is 0 Å². The zero-order valence-electron chi connectivity index (χ0n) is 16.4. The van der Waals surface area contributed by atoms with Crippen LogP contribution in [0.25, 0.3) is 0 Å². The van der Waals surface area contributed by atoms with Gasteiger partial charge in [0.25, 0.3) is 5.91 Å². The molecule has 0 unspecified atom stereocenters. The van der Waals surface area contributed by atoms with Crippen molar-refractivity contribution >= 4 is 23.1 Å². The lowest BCUT2D eigenvalue weighted by Gasteiger charge is -2.21. The van der Waals surface area contributed by atoms with Crippen molar-refractivity contribution in [2.45, 2.75) is 39.5 Å². The summed E-state index contributed by atoms with van der Waals surface area (Å²) in [5, 5.41) is 3.31. The number of carbonyl (C=O) groups is 1. The molecule has 1 aromatic carbocycles. The Bertz CT molecular complexity index is 715. The zero-order chi connectivity index (χ0) is 19.1. The lowest BCUT2D eigenvalue weighted by Crippen LogP contribution is -2.32. The van der Waals surface area contributed by atoms with Crippen LogP contribution < -0.4 is 10.2 Å². The molecule has 2 heterocycles. The van der Waals surface area contributed by atoms with Crippen LogP contribution in [-0.2, 0) is 0 Å². The van der Waals surface area contributed by atoms with Crippen LogP contribution >= 0.6 is 0 Å². The Morgan fingerprint density at radius 3 is 2.26 bits per heavy atom. The van der Waals surface area contributed by atoms with Gasteiger partial charge >= 0.3 is 0 Å². The quantitative estimate of drug-likeness (QED) is 0.736. The highest BCUT2D eigenvalue weighted by Gasteiger charge is 2.15. The van der Waals surface area contributed by atoms with Crippen molar-refractivity contribution < 1.29 is 4.79 Å². The SMILES string of the molecule is CCCN(CCC)C(=O)c1ccc(Nc2ccc(N3CCCC3)cc2)nc1. The molecule has 144 valence electrons. The van der Waals surface area contributed by atoms with Crippen molar-refractivity contribution in [3.63, 3.8) is 0 Å². The summed E-state index contributed by atoms with van der Waals surface area (Å²) in [6.07, 6.45) is 6.16. The molecule has 5 nitrogen and oxygen atoms in total. The van der Waals surface area contributed by atoms with Gasteiger partial charge in [-0.3, -0.25) is 4.79 Å². The monoisotopic (exact) mass is 366 g/mol. The maximum atomic E-state index is 12.6. The number of hydrogen-bond donors (Lipinski definition) is 1. The highest BCUT2D eigenvalue weighted by atomic mass is 16.2. The van der Waals surface area contributed by atoms with Crippen molar-refractivity contribution in [2.75, 3.05) is 36.4 Å². The van der Waals surface area contributed by atoms with E-state index in [2.05, 4.69) is 53.3 Å². The molecule has 1 amide bonds. The van der Waals surface area contributed by atoms with E-state index in [1.807, 2.05) is 17.0 Å². The predicted octanol–water partition coefficient (Wildman–Crippen LogP) is 4.69. The minimum atomic E-state index is 0.0627. The van der Waals surface area contributed by atoms with E-state index in [9.17, 15) is 4.79 Å². The van der Waals surface area contributed by atoms with Gasteiger partial charge in [0.05, 0.1) is 5.56 Å². The Kier molecular flexibility index (Phi) is 6.69. The highest BCUT2D eigenvalue weighted by molar-refractivity contribution is 5.94. The molecule has 1 N–H and O–H groups in total. The Hall–Kier alpha value is -2.56. The van der Waals surface area contributed by atoms with Crippen LogP contribution in [0.5, 0.6) is 0 Å². The molecule has 5 heteroatoms. The average Bonchev–Trinajstić information content (AvgIpc) is 3.23. The van der Waals surface area contributed by atoms with Gasteiger partial charge in [0.15, 0.2) is 0 Å². The third kappa shape index (κ3) is 5.00. The summed E-state index contributed by atoms with van der Waals surface area (Å²) < 4.78 is 0. The lowest BCUT2D eigenvalue weighted by molar-refractivity contribution is 0.0755. The molecular weight excluding hydrogens is 336 g/mol. The average molecular weight is 367 g/mol. The van der Waals surface area contributed by atoms with Crippen LogP contribution in [0.1, 0.15) is 49.9 Å². The normalized spacial score (nSPS) is 13.6. The highest BCUT2D eigenvalue weighted by Crippen LogP contribution is 2.23. The lowest BCUT2D eigenvalue weighted by atomic mass is 10.2. The first-order valence-corrected chi connectivity index (χ1v) is 10.1. The molecule has 1 aliphatic rings. The number of benzene rings is 1. The molecule has 1 aromatic heterocycles. The molecule has 27 heavy (non-hydrogen) atoms. The second-order valence-corrected chi connectivity index (χ2v) is 7.09. The van der Waals surface area contributed by atoms with Gasteiger partial charge in [-0.05, 0) is 62.1 Å². The number of aromatic nitrogens is 1. The van der Waals surface area contributed by atoms with E-state index in [0.29, 0.717) is 5.56 Å². The first kappa shape index (κ1) is 19.2. The first-order valence-electron chi connectivity index (χ1n) is 10.1. The van der Waals surface area contributed by atoms with Gasteiger partial charge in [-0.15, -0.1) is 0 Å². The summed E-state index contributed by atoms with van der Waals surface area (Å²) in [5.74, 6) is 0.811. The van der Waals surface area contributed by atoms with Crippen molar-refractivity contribution in [2.24, 2.45) is 0 Å². The maximum absolute atomic E-state index is 12.6. The van der Waals surface area contributed by atoms with E-state index in [1.165, 1.54) is 18.5 Å². The number of rotatable bonds is 8. The molecule has 3 rings (SSSR count). The summed E-state index contributed by atoms with van der Waals surface area (Å²) in [4.78, 5) is 21.4. The van der Waals surface area contributed by atoms with E-state index in [1.54, 1.807) is 6.20 Å². The number of carbonyl (C=O) groups excluding carboxylic acids is 1. The van der Waals surface area contributed by atoms with Crippen LogP contribution in [0.15, 0.2) is 42.6 Å². The largest absolute Gasteiger partial charge is 0.372 e. The molecule has 0 aliphatic carbocycles. The molecular formula is C22H30N4O. The Balaban J connectivity index is 1.62. The van der Waals surface area contributed by atoms with E-state index < -0.39 is 0 Å². The first-order chi connectivity index (χ1) is 13.2. The minimum absolute atomic E-state index is 0.0627. The van der Waals surface area contributed by atoms with Crippen molar-refractivity contribution in [3.05, 3.63) is 48.2 Å². The number of pyridine rings is 1. The topological polar surface area (TPSA) is 48.5 Å². The standard InChI is InChI=1S/C22H30N4O/c1-3-13-26(14-4-2)22(27)18-7-12-21(23-17-18)24-19-8-10-20(11-9-19)25-15-5-6-16-25/h7-12,17H,3-6,13-16H2,1-2H3,(H,23,24). The second-order valence-electron chi connectivity index (χ2n) is 7.09. The molecule has 0 saturated carbocycles. The summed E-state index contributed by atoms with van der Waals surface area (Å²) >= 11 is 0. The van der Waals surface area contributed by atoms with E-state index in [4.69, 9.17) is 0 Å². The van der Waals surface area contributed by atoms with E-state index in [0.717, 1.165) is 50.5 Å². The summed E-state index contributed by atoms with van der Waals surface area (Å²) in [5.41, 5.74) is 2.92. The van der Waals surface area contributed by atoms with E-state index >= 15 is 0 Å². The molecule has 0 bridgehead atoms. The van der Waals surface area contributed by atoms with Gasteiger partial charge < -0.3 is 15.1 Å². The maximum Gasteiger partial charge on any atom is 0.255 e. The molecule has 0 spiro atoms. The molecule has 1 fully saturated rings. The molecule has 2 aromatic rings. The fourth-order valence-electron chi connectivity index (χ4n) is 3.51. The van der Waals surface area contributed by atoms with Gasteiger partial charge in [0.1, 0.15) is 5.82 Å². The third-order valence-corrected chi connectivity index (χ3v) is 4.90. The Morgan fingerprint density at radius 1 is 1.04 bits per heavy atom. The number of amides is 1. The minimum Gasteiger partial charge on any atom is -0.372 e. The number of nitrogens with zero attached hydrogens (tertiary/aromatic N) is 3. The predicted molar refractivity (Wildman–Crippen MR) is 112 cm³/mol. The smallest absolute Gasteiger partial charge is 0.255 e. The van der Waals surface area contributed by atoms with Gasteiger partial charge in [-0.2, -0.15) is 0 Å². The summed E-state index contributed by atoms with van der Waals surface area (Å²) in [6.45, 7) is 8.06. The van der Waals surface area contributed by atoms with Crippen LogP contribution in [0.4, 0.5) is 17.2 Å².